The molecule has 5 nitrogen and oxygen atoms in total. The van der Waals surface area contributed by atoms with Gasteiger partial charge < -0.3 is 23.9 Å². The zero-order valence-electron chi connectivity index (χ0n) is 10.4. The van der Waals surface area contributed by atoms with Crippen molar-refractivity contribution in [1.29, 1.82) is 0 Å². The molecule has 2 aromatic rings. The molecule has 2 rings (SSSR count). The maximum absolute atomic E-state index is 9.56. The Labute approximate surface area is 112 Å². The van der Waals surface area contributed by atoms with Crippen molar-refractivity contribution in [1.82, 2.24) is 0 Å². The van der Waals surface area contributed by atoms with Crippen LogP contribution in [0.1, 0.15) is 0 Å². The summed E-state index contributed by atoms with van der Waals surface area (Å²) < 4.78 is 3.74. The van der Waals surface area contributed by atoms with E-state index in [1.165, 1.54) is 0 Å². The summed E-state index contributed by atoms with van der Waals surface area (Å²) in [5.41, 5.74) is 1.92. The van der Waals surface area contributed by atoms with Crippen molar-refractivity contribution in [3.8, 4) is 16.9 Å². The molecule has 0 fully saturated rings. The van der Waals surface area contributed by atoms with Gasteiger partial charge in [0.1, 0.15) is 5.75 Å². The topological polar surface area (TPSA) is 90.2 Å². The molecule has 0 saturated carbocycles. The highest BCUT2D eigenvalue weighted by molar-refractivity contribution is 6.48. The zero-order chi connectivity index (χ0) is 14.3. The van der Waals surface area contributed by atoms with E-state index < -0.39 is 9.05 Å². The van der Waals surface area contributed by atoms with E-state index in [4.69, 9.17) is 14.4 Å². The molecule has 0 spiro atoms. The van der Waals surface area contributed by atoms with Gasteiger partial charge in [-0.2, -0.15) is 0 Å². The van der Waals surface area contributed by atoms with E-state index in [0.717, 1.165) is 18.2 Å². The fourth-order valence-electron chi connectivity index (χ4n) is 1.34. The lowest BCUT2D eigenvalue weighted by molar-refractivity contribution is 0.0881. The highest BCUT2D eigenvalue weighted by Gasteiger charge is 2.27. The van der Waals surface area contributed by atoms with Crippen molar-refractivity contribution >= 4 is 9.05 Å². The van der Waals surface area contributed by atoms with Crippen LogP contribution >= 0.6 is 0 Å². The number of aromatic hydroxyl groups is 1. The van der Waals surface area contributed by atoms with Gasteiger partial charge >= 0.3 is 9.05 Å². The van der Waals surface area contributed by atoms with E-state index in [1.54, 1.807) is 6.07 Å². The van der Waals surface area contributed by atoms with Crippen LogP contribution in [-0.2, 0) is 4.43 Å². The van der Waals surface area contributed by atoms with E-state index >= 15 is 0 Å². The second-order valence-electron chi connectivity index (χ2n) is 3.66. The fraction of sp³-hybridized carbons (Fsp3) is 0.0769. The molecule has 2 aromatic carbocycles. The summed E-state index contributed by atoms with van der Waals surface area (Å²) in [6.07, 6.45) is 0. The van der Waals surface area contributed by atoms with E-state index in [0.29, 0.717) is 5.75 Å². The van der Waals surface area contributed by atoms with E-state index in [9.17, 15) is 5.11 Å². The number of para-hydroxylation sites is 1. The molecule has 0 aromatic heterocycles. The van der Waals surface area contributed by atoms with Crippen molar-refractivity contribution in [2.75, 3.05) is 7.11 Å². The molecule has 6 heteroatoms. The summed E-state index contributed by atoms with van der Waals surface area (Å²) in [5.74, 6) is 0.328. The number of phenols is 1. The number of benzene rings is 2. The summed E-state index contributed by atoms with van der Waals surface area (Å²) in [6, 6.07) is 17.2. The van der Waals surface area contributed by atoms with E-state index in [-0.39, 0.29) is 0 Å². The highest BCUT2D eigenvalue weighted by Crippen LogP contribution is 2.27. The maximum Gasteiger partial charge on any atom is 0.671 e. The Balaban J connectivity index is 0.000000258. The monoisotopic (exact) mass is 280 g/mol. The molecule has 0 saturated heterocycles. The maximum atomic E-state index is 9.56. The predicted octanol–water partition coefficient (Wildman–Crippen LogP) is 1.10. The molecule has 4 N–H and O–H groups in total. The second-order valence-corrected chi connectivity index (χ2v) is 5.22. The molecule has 0 radical (unpaired) electrons. The van der Waals surface area contributed by atoms with Crippen molar-refractivity contribution in [3.63, 3.8) is 0 Å². The van der Waals surface area contributed by atoms with Gasteiger partial charge in [-0.1, -0.05) is 48.5 Å². The minimum absolute atomic E-state index is 0.328. The van der Waals surface area contributed by atoms with Gasteiger partial charge in [-0.3, -0.25) is 0 Å². The van der Waals surface area contributed by atoms with Crippen LogP contribution in [0.25, 0.3) is 11.1 Å². The molecule has 0 amide bonds. The Morgan fingerprint density at radius 2 is 1.32 bits per heavy atom. The van der Waals surface area contributed by atoms with Crippen LogP contribution < -0.4 is 0 Å². The van der Waals surface area contributed by atoms with Crippen molar-refractivity contribution < 1.29 is 23.9 Å². The first kappa shape index (κ1) is 15.4. The van der Waals surface area contributed by atoms with Crippen LogP contribution in [0, 0.1) is 0 Å². The molecular weight excluding hydrogens is 264 g/mol. The summed E-state index contributed by atoms with van der Waals surface area (Å²) >= 11 is 0. The van der Waals surface area contributed by atoms with Crippen LogP contribution in [0.4, 0.5) is 0 Å². The average Bonchev–Trinajstić information content (AvgIpc) is 2.40. The van der Waals surface area contributed by atoms with Crippen LogP contribution in [-0.4, -0.2) is 35.7 Å². The minimum Gasteiger partial charge on any atom is -0.507 e. The largest absolute Gasteiger partial charge is 0.671 e. The third-order valence-electron chi connectivity index (χ3n) is 2.26. The average molecular weight is 280 g/mol. The van der Waals surface area contributed by atoms with Crippen LogP contribution in [0.3, 0.4) is 0 Å². The number of rotatable bonds is 2. The first-order valence-electron chi connectivity index (χ1n) is 5.49. The van der Waals surface area contributed by atoms with Gasteiger partial charge in [-0.25, -0.2) is 0 Å². The molecule has 0 atom stereocenters. The lowest BCUT2D eigenvalue weighted by atomic mass is 10.1. The standard InChI is InChI=1S/C12H10O.CH6O4Si/c13-12-9-5-4-8-11(12)10-6-2-1-3-7-10;1-5-6(2,3)4/h1-9,13H;2-4H,1H3. The Bertz CT molecular complexity index is 496. The molecule has 0 aliphatic carbocycles. The van der Waals surface area contributed by atoms with Crippen molar-refractivity contribution in [3.05, 3.63) is 54.6 Å². The summed E-state index contributed by atoms with van der Waals surface area (Å²) in [4.78, 5) is 23.6. The normalized spacial score (nSPS) is 10.5. The van der Waals surface area contributed by atoms with Gasteiger partial charge in [0.2, 0.25) is 0 Å². The van der Waals surface area contributed by atoms with Crippen LogP contribution in [0.15, 0.2) is 54.6 Å². The first-order chi connectivity index (χ1) is 8.94. The van der Waals surface area contributed by atoms with Crippen molar-refractivity contribution in [2.24, 2.45) is 0 Å². The number of phenolic OH excluding ortho intramolecular Hbond substituents is 1. The fourth-order valence-corrected chi connectivity index (χ4v) is 1.34. The number of hydrogen-bond donors (Lipinski definition) is 4. The predicted molar refractivity (Wildman–Crippen MR) is 73.0 cm³/mol. The Morgan fingerprint density at radius 3 is 1.79 bits per heavy atom. The van der Waals surface area contributed by atoms with Gasteiger partial charge in [-0.15, -0.1) is 0 Å². The zero-order valence-corrected chi connectivity index (χ0v) is 11.4. The Kier molecular flexibility index (Phi) is 5.68. The van der Waals surface area contributed by atoms with E-state index in [1.807, 2.05) is 48.5 Å². The molecule has 0 heterocycles. The van der Waals surface area contributed by atoms with Crippen LogP contribution in [0.2, 0.25) is 0 Å². The summed E-state index contributed by atoms with van der Waals surface area (Å²) in [7, 11) is -3.11. The third-order valence-corrected chi connectivity index (χ3v) is 2.81. The number of hydrogen-bond acceptors (Lipinski definition) is 5. The molecule has 19 heavy (non-hydrogen) atoms. The summed E-state index contributed by atoms with van der Waals surface area (Å²) in [6.45, 7) is 0. The van der Waals surface area contributed by atoms with Gasteiger partial charge in [0.05, 0.1) is 0 Å². The molecule has 102 valence electrons. The van der Waals surface area contributed by atoms with Crippen molar-refractivity contribution in [2.45, 2.75) is 0 Å². The van der Waals surface area contributed by atoms with Gasteiger partial charge in [0.25, 0.3) is 0 Å². The quantitative estimate of drug-likeness (QED) is 0.619. The molecule has 0 aliphatic rings. The molecule has 0 aliphatic heterocycles. The minimum atomic E-state index is -4.13. The smallest absolute Gasteiger partial charge is 0.507 e. The van der Waals surface area contributed by atoms with Crippen LogP contribution in [0.5, 0.6) is 5.75 Å². The van der Waals surface area contributed by atoms with Gasteiger partial charge in [0, 0.05) is 12.7 Å². The molecule has 0 bridgehead atoms. The molecule has 0 unspecified atom stereocenters. The lowest BCUT2D eigenvalue weighted by Crippen LogP contribution is -2.37. The van der Waals surface area contributed by atoms with E-state index in [2.05, 4.69) is 4.43 Å². The second kappa shape index (κ2) is 7.03. The summed E-state index contributed by atoms with van der Waals surface area (Å²) in [5, 5.41) is 9.56. The van der Waals surface area contributed by atoms with Gasteiger partial charge in [-0.05, 0) is 11.6 Å². The third kappa shape index (κ3) is 5.64. The highest BCUT2D eigenvalue weighted by atomic mass is 28.4. The molecular formula is C13H16O5Si. The SMILES string of the molecule is CO[Si](O)(O)O.Oc1ccccc1-c1ccccc1. The Hall–Kier alpha value is -1.70. The first-order valence-corrected chi connectivity index (χ1v) is 7.24. The van der Waals surface area contributed by atoms with Gasteiger partial charge in [0.15, 0.2) is 0 Å². The Morgan fingerprint density at radius 1 is 0.842 bits per heavy atom. The lowest BCUT2D eigenvalue weighted by Gasteiger charge is -2.02.